The first-order valence-electron chi connectivity index (χ1n) is 15.9. The van der Waals surface area contributed by atoms with Crippen molar-refractivity contribution in [1.29, 1.82) is 0 Å². The molecular formula is C35H34Cl2N8O4. The summed E-state index contributed by atoms with van der Waals surface area (Å²) in [6, 6.07) is 15.7. The van der Waals surface area contributed by atoms with Gasteiger partial charge in [-0.1, -0.05) is 35.3 Å². The van der Waals surface area contributed by atoms with Crippen LogP contribution in [0.5, 0.6) is 0 Å². The quantitative estimate of drug-likeness (QED) is 0.177. The van der Waals surface area contributed by atoms with E-state index in [0.29, 0.717) is 59.3 Å². The highest BCUT2D eigenvalue weighted by Gasteiger charge is 2.57. The predicted octanol–water partition coefficient (Wildman–Crippen LogP) is 4.51. The zero-order chi connectivity index (χ0) is 34.7. The molecule has 14 heteroatoms. The smallest absolute Gasteiger partial charge is 0.270 e. The molecule has 2 fully saturated rings. The Balaban J connectivity index is 1.17. The molecule has 12 nitrogen and oxygen atoms in total. The van der Waals surface area contributed by atoms with E-state index in [2.05, 4.69) is 25.9 Å². The molecule has 3 heterocycles. The Bertz CT molecular complexity index is 2000. The number of benzene rings is 2. The second-order valence-electron chi connectivity index (χ2n) is 13.3. The lowest BCUT2D eigenvalue weighted by Gasteiger charge is -2.27. The van der Waals surface area contributed by atoms with Crippen molar-refractivity contribution in [2.75, 3.05) is 10.6 Å². The summed E-state index contributed by atoms with van der Waals surface area (Å²) < 4.78 is 1.62. The van der Waals surface area contributed by atoms with Crippen molar-refractivity contribution in [2.24, 2.45) is 0 Å². The minimum absolute atomic E-state index is 0.129. The van der Waals surface area contributed by atoms with Crippen LogP contribution in [0.15, 0.2) is 67.0 Å². The van der Waals surface area contributed by atoms with E-state index in [0.717, 1.165) is 11.1 Å². The lowest BCUT2D eigenvalue weighted by molar-refractivity contribution is -0.125. The number of hydrogen-bond acceptors (Lipinski definition) is 7. The van der Waals surface area contributed by atoms with Crippen molar-refractivity contribution in [3.63, 3.8) is 0 Å². The zero-order valence-corrected chi connectivity index (χ0v) is 28.4. The molecule has 4 aromatic rings. The van der Waals surface area contributed by atoms with Gasteiger partial charge in [0.05, 0.1) is 23.1 Å². The second kappa shape index (κ2) is 11.9. The van der Waals surface area contributed by atoms with Crippen molar-refractivity contribution >= 4 is 64.2 Å². The van der Waals surface area contributed by atoms with Crippen LogP contribution in [-0.2, 0) is 38.4 Å². The standard InChI is InChI=1S/C35H34Cl2N8O4/c1-20(46)40-18-22-7-12-39-28(13-22)34(8-9-34)43-30(48)35(10-11-35)42-29(47)27-19-41-32-44(26-15-23(36)14-24(37)16-26)31(49)33(2,45(27)32)17-21-3-5-25(38)6-4-21/h3-7,12-16,19H,8-11,17-18,38H2,1-2H3,(H,40,46)(H,42,47)(H,43,48)/t33-/m1/s1. The largest absolute Gasteiger partial charge is 0.399 e. The highest BCUT2D eigenvalue weighted by atomic mass is 35.5. The van der Waals surface area contributed by atoms with Crippen molar-refractivity contribution < 1.29 is 19.2 Å². The number of nitrogens with two attached hydrogens (primary N) is 1. The van der Waals surface area contributed by atoms with Gasteiger partial charge in [0.15, 0.2) is 0 Å². The first-order valence-corrected chi connectivity index (χ1v) is 16.7. The molecule has 2 aromatic heterocycles. The van der Waals surface area contributed by atoms with Gasteiger partial charge in [0.2, 0.25) is 17.8 Å². The van der Waals surface area contributed by atoms with E-state index in [1.807, 2.05) is 24.3 Å². The number of amides is 4. The van der Waals surface area contributed by atoms with Gasteiger partial charge < -0.3 is 21.7 Å². The number of aromatic nitrogens is 3. The molecule has 0 spiro atoms. The third-order valence-electron chi connectivity index (χ3n) is 9.46. The number of carbonyl (C=O) groups is 4. The van der Waals surface area contributed by atoms with Crippen LogP contribution in [0.3, 0.4) is 0 Å². The molecular weight excluding hydrogens is 667 g/mol. The normalized spacial score (nSPS) is 19.6. The molecule has 3 aliphatic rings. The van der Waals surface area contributed by atoms with Crippen molar-refractivity contribution in [3.8, 4) is 0 Å². The van der Waals surface area contributed by atoms with E-state index in [9.17, 15) is 19.2 Å². The zero-order valence-electron chi connectivity index (χ0n) is 26.8. The molecule has 1 atom stereocenters. The predicted molar refractivity (Wildman–Crippen MR) is 184 cm³/mol. The molecule has 49 heavy (non-hydrogen) atoms. The molecule has 0 unspecified atom stereocenters. The topological polar surface area (TPSA) is 164 Å². The van der Waals surface area contributed by atoms with E-state index < -0.39 is 22.5 Å². The van der Waals surface area contributed by atoms with Crippen LogP contribution in [0.1, 0.15) is 66.8 Å². The number of anilines is 3. The lowest BCUT2D eigenvalue weighted by Crippen LogP contribution is -2.52. The summed E-state index contributed by atoms with van der Waals surface area (Å²) in [4.78, 5) is 64.1. The van der Waals surface area contributed by atoms with Gasteiger partial charge in [-0.15, -0.1) is 0 Å². The molecule has 252 valence electrons. The van der Waals surface area contributed by atoms with Crippen molar-refractivity contribution in [2.45, 2.75) is 69.1 Å². The average Bonchev–Trinajstić information content (AvgIpc) is 3.96. The van der Waals surface area contributed by atoms with Gasteiger partial charge in [-0.25, -0.2) is 9.88 Å². The van der Waals surface area contributed by atoms with Crippen LogP contribution in [0.4, 0.5) is 17.3 Å². The molecule has 2 aliphatic carbocycles. The third kappa shape index (κ3) is 5.99. The minimum Gasteiger partial charge on any atom is -0.399 e. The molecule has 1 aliphatic heterocycles. The Morgan fingerprint density at radius 1 is 0.918 bits per heavy atom. The molecule has 5 N–H and O–H groups in total. The van der Waals surface area contributed by atoms with E-state index in [-0.39, 0.29) is 35.8 Å². The van der Waals surface area contributed by atoms with E-state index in [1.54, 1.807) is 48.0 Å². The Morgan fingerprint density at radius 3 is 2.24 bits per heavy atom. The van der Waals surface area contributed by atoms with Gasteiger partial charge in [-0.2, -0.15) is 0 Å². The molecule has 2 saturated carbocycles. The van der Waals surface area contributed by atoms with Crippen LogP contribution >= 0.6 is 23.2 Å². The maximum Gasteiger partial charge on any atom is 0.270 e. The van der Waals surface area contributed by atoms with Gasteiger partial charge in [0.1, 0.15) is 16.8 Å². The van der Waals surface area contributed by atoms with Crippen LogP contribution in [-0.4, -0.2) is 43.7 Å². The average molecular weight is 702 g/mol. The summed E-state index contributed by atoms with van der Waals surface area (Å²) in [5, 5.41) is 9.58. The first-order chi connectivity index (χ1) is 23.3. The minimum atomic E-state index is -1.28. The van der Waals surface area contributed by atoms with Crippen molar-refractivity contribution in [1.82, 2.24) is 30.5 Å². The maximum absolute atomic E-state index is 14.3. The molecule has 0 radical (unpaired) electrons. The number of carbonyl (C=O) groups excluding carboxylic acids is 4. The number of pyridine rings is 1. The number of hydrogen-bond donors (Lipinski definition) is 4. The summed E-state index contributed by atoms with van der Waals surface area (Å²) in [5.74, 6) is -1.08. The molecule has 2 aromatic carbocycles. The van der Waals surface area contributed by atoms with Crippen LogP contribution in [0.2, 0.25) is 10.0 Å². The van der Waals surface area contributed by atoms with Gasteiger partial charge >= 0.3 is 0 Å². The van der Waals surface area contributed by atoms with Gasteiger partial charge in [0, 0.05) is 41.8 Å². The number of nitrogens with one attached hydrogen (secondary N) is 3. The Hall–Kier alpha value is -4.94. The maximum atomic E-state index is 14.3. The fraction of sp³-hybridized carbons (Fsp3) is 0.314. The fourth-order valence-corrected chi connectivity index (χ4v) is 6.97. The van der Waals surface area contributed by atoms with E-state index in [4.69, 9.17) is 28.9 Å². The molecule has 4 amide bonds. The number of halogens is 2. The number of nitrogen functional groups attached to an aromatic ring is 1. The Morgan fingerprint density at radius 2 is 1.61 bits per heavy atom. The van der Waals surface area contributed by atoms with Gasteiger partial charge in [-0.3, -0.25) is 28.7 Å². The lowest BCUT2D eigenvalue weighted by atomic mass is 9.91. The summed E-state index contributed by atoms with van der Waals surface area (Å²) in [6.07, 6.45) is 5.60. The monoisotopic (exact) mass is 700 g/mol. The second-order valence-corrected chi connectivity index (χ2v) is 14.1. The highest BCUT2D eigenvalue weighted by molar-refractivity contribution is 6.35. The number of rotatable bonds is 10. The van der Waals surface area contributed by atoms with Crippen LogP contribution in [0, 0.1) is 0 Å². The summed E-state index contributed by atoms with van der Waals surface area (Å²) >= 11 is 12.6. The summed E-state index contributed by atoms with van der Waals surface area (Å²) in [5.41, 5.74) is 6.38. The first kappa shape index (κ1) is 32.6. The molecule has 7 rings (SSSR count). The van der Waals surface area contributed by atoms with E-state index in [1.165, 1.54) is 18.0 Å². The Labute approximate surface area is 292 Å². The SMILES string of the molecule is CC(=O)NCc1ccnc(C2(NC(=O)C3(NC(=O)c4cnc5n4[C@](C)(Cc4ccc(N)cc4)C(=O)N5c4cc(Cl)cc(Cl)c4)CC3)CC2)c1. The third-order valence-corrected chi connectivity index (χ3v) is 9.90. The number of fused-ring (bicyclic) bond motifs is 1. The van der Waals surface area contributed by atoms with Crippen LogP contribution < -0.4 is 26.6 Å². The highest BCUT2D eigenvalue weighted by Crippen LogP contribution is 2.48. The summed E-state index contributed by atoms with van der Waals surface area (Å²) in [6.45, 7) is 3.56. The van der Waals surface area contributed by atoms with Gasteiger partial charge in [-0.05, 0) is 86.2 Å². The van der Waals surface area contributed by atoms with E-state index >= 15 is 0 Å². The van der Waals surface area contributed by atoms with Crippen molar-refractivity contribution in [3.05, 3.63) is 99.6 Å². The van der Waals surface area contributed by atoms with Gasteiger partial charge in [0.25, 0.3) is 11.8 Å². The van der Waals surface area contributed by atoms with Crippen LogP contribution in [0.25, 0.3) is 0 Å². The Kier molecular flexibility index (Phi) is 7.91. The summed E-state index contributed by atoms with van der Waals surface area (Å²) in [7, 11) is 0. The number of nitrogens with zero attached hydrogens (tertiary/aromatic N) is 4. The fourth-order valence-electron chi connectivity index (χ4n) is 6.46. The molecule has 0 bridgehead atoms. The molecule has 0 saturated heterocycles. The number of imidazole rings is 1.